The molecule has 0 spiro atoms. The predicted molar refractivity (Wildman–Crippen MR) is 155 cm³/mol. The van der Waals surface area contributed by atoms with Crippen molar-refractivity contribution in [2.45, 2.75) is 90.5 Å². The summed E-state index contributed by atoms with van der Waals surface area (Å²) in [5.74, 6) is -0.675. The second-order valence-corrected chi connectivity index (χ2v) is 14.5. The average Bonchev–Trinajstić information content (AvgIpc) is 3.37. The molecular weight excluding hydrogens is 463 g/mol. The number of hydrogen-bond acceptors (Lipinski definition) is 2. The molecule has 4 nitrogen and oxygen atoms in total. The fraction of sp³-hybridized carbons (Fsp3) is 0.484. The highest BCUT2D eigenvalue weighted by Crippen LogP contribution is 2.56. The van der Waals surface area contributed by atoms with E-state index in [1.165, 1.54) is 54.4 Å². The number of carbonyl (C=O) groups is 1. The summed E-state index contributed by atoms with van der Waals surface area (Å²) in [7, 11) is -1.82. The van der Waals surface area contributed by atoms with Crippen molar-refractivity contribution in [3.05, 3.63) is 73.1 Å². The van der Waals surface area contributed by atoms with E-state index >= 15 is 0 Å². The molecule has 0 unspecified atom stereocenters. The maximum atomic E-state index is 10.6. The second kappa shape index (κ2) is 13.7. The zero-order valence-corrected chi connectivity index (χ0v) is 23.3. The van der Waals surface area contributed by atoms with Crippen LogP contribution >= 0.6 is 7.26 Å². The molecule has 0 saturated carbocycles. The highest BCUT2D eigenvalue weighted by atomic mass is 31.2. The van der Waals surface area contributed by atoms with Gasteiger partial charge in [-0.2, -0.15) is 5.10 Å². The number of unbranched alkanes of at least 4 members (excludes halogenated alkanes) is 8. The molecule has 0 amide bonds. The molecule has 0 radical (unpaired) electrons. The van der Waals surface area contributed by atoms with Crippen molar-refractivity contribution in [3.8, 4) is 0 Å². The van der Waals surface area contributed by atoms with Gasteiger partial charge in [0.15, 0.2) is 0 Å². The Hall–Kier alpha value is -2.45. The number of carboxylic acids is 1. The highest BCUT2D eigenvalue weighted by Gasteiger charge is 2.46. The van der Waals surface area contributed by atoms with Gasteiger partial charge in [0.2, 0.25) is 0 Å². The molecule has 1 N–H and O–H groups in total. The van der Waals surface area contributed by atoms with E-state index in [0.717, 1.165) is 25.4 Å². The van der Waals surface area contributed by atoms with Crippen molar-refractivity contribution in [1.29, 1.82) is 0 Å². The van der Waals surface area contributed by atoms with Gasteiger partial charge in [-0.15, -0.1) is 0 Å². The third-order valence-corrected chi connectivity index (χ3v) is 11.4. The fourth-order valence-electron chi connectivity index (χ4n) is 4.94. The number of nitrogens with zero attached hydrogens (tertiary/aromatic N) is 2. The quantitative estimate of drug-likeness (QED) is 0.179. The van der Waals surface area contributed by atoms with Crippen molar-refractivity contribution in [3.63, 3.8) is 0 Å². The molecular formula is C31H44N2O2P+. The van der Waals surface area contributed by atoms with Crippen LogP contribution in [-0.2, 0) is 10.3 Å². The molecule has 0 saturated heterocycles. The zero-order chi connectivity index (χ0) is 25.9. The first-order valence-electron chi connectivity index (χ1n) is 13.6. The Morgan fingerprint density at radius 2 is 1.22 bits per heavy atom. The lowest BCUT2D eigenvalue weighted by Gasteiger charge is -2.26. The summed E-state index contributed by atoms with van der Waals surface area (Å²) in [6.45, 7) is 6.63. The van der Waals surface area contributed by atoms with E-state index in [4.69, 9.17) is 10.2 Å². The van der Waals surface area contributed by atoms with Crippen LogP contribution in [0.4, 0.5) is 0 Å². The van der Waals surface area contributed by atoms with Gasteiger partial charge in [-0.05, 0) is 64.3 Å². The van der Waals surface area contributed by atoms with Crippen LogP contribution in [0, 0.1) is 0 Å². The monoisotopic (exact) mass is 507 g/mol. The number of aliphatic carboxylic acids is 1. The van der Waals surface area contributed by atoms with Crippen LogP contribution in [0.25, 0.3) is 0 Å². The molecule has 194 valence electrons. The smallest absolute Gasteiger partial charge is 0.303 e. The Morgan fingerprint density at radius 3 is 1.67 bits per heavy atom. The Kier molecular flexibility index (Phi) is 10.7. The molecule has 0 aliphatic rings. The van der Waals surface area contributed by atoms with Crippen molar-refractivity contribution in [2.75, 3.05) is 6.16 Å². The lowest BCUT2D eigenvalue weighted by molar-refractivity contribution is -0.137. The van der Waals surface area contributed by atoms with Gasteiger partial charge in [-0.25, -0.2) is 0 Å². The van der Waals surface area contributed by atoms with E-state index in [2.05, 4.69) is 98.5 Å². The summed E-state index contributed by atoms with van der Waals surface area (Å²) in [5, 5.41) is 17.8. The molecule has 1 aromatic heterocycles. The number of rotatable bonds is 15. The minimum atomic E-state index is -1.82. The normalized spacial score (nSPS) is 12.1. The molecule has 36 heavy (non-hydrogen) atoms. The van der Waals surface area contributed by atoms with Gasteiger partial charge in [0.05, 0.1) is 24.1 Å². The molecule has 0 aliphatic heterocycles. The number of carboxylic acid groups (broad SMARTS) is 1. The lowest BCUT2D eigenvalue weighted by atomic mass is 10.1. The largest absolute Gasteiger partial charge is 0.481 e. The average molecular weight is 508 g/mol. The van der Waals surface area contributed by atoms with Gasteiger partial charge >= 0.3 is 5.97 Å². The van der Waals surface area contributed by atoms with Crippen LogP contribution in [0.5, 0.6) is 0 Å². The second-order valence-electron chi connectivity index (χ2n) is 10.8. The topological polar surface area (TPSA) is 55.1 Å². The van der Waals surface area contributed by atoms with Gasteiger partial charge in [-0.3, -0.25) is 9.48 Å². The lowest BCUT2D eigenvalue weighted by Crippen LogP contribution is -2.33. The fourth-order valence-corrected chi connectivity index (χ4v) is 9.22. The highest BCUT2D eigenvalue weighted by molar-refractivity contribution is 7.95. The molecule has 5 heteroatoms. The number of benzene rings is 2. The van der Waals surface area contributed by atoms with Gasteiger partial charge in [-0.1, -0.05) is 74.9 Å². The molecule has 0 fully saturated rings. The van der Waals surface area contributed by atoms with Gasteiger partial charge in [0.25, 0.3) is 0 Å². The third kappa shape index (κ3) is 7.77. The number of hydrogen-bond donors (Lipinski definition) is 1. The van der Waals surface area contributed by atoms with E-state index in [9.17, 15) is 4.79 Å². The van der Waals surface area contributed by atoms with E-state index in [1.807, 2.05) is 0 Å². The van der Waals surface area contributed by atoms with Crippen LogP contribution in [-0.4, -0.2) is 27.0 Å². The molecule has 0 bridgehead atoms. The molecule has 1 heterocycles. The van der Waals surface area contributed by atoms with Crippen LogP contribution < -0.4 is 15.9 Å². The standard InChI is InChI=1S/C31H43N2O2P/c1-31(2,3)33-26-29(25-32-33)36(27-19-13-11-14-20-27,28-21-15-12-16-22-28)24-18-10-8-6-4-5-7-9-17-23-30(34)35/h11-16,19-22,25-26H,4-10,17-18,23-24H2,1-3H3/p+1. The third-order valence-electron chi connectivity index (χ3n) is 6.98. The van der Waals surface area contributed by atoms with Crippen molar-refractivity contribution in [2.24, 2.45) is 0 Å². The van der Waals surface area contributed by atoms with Gasteiger partial charge in [0.1, 0.15) is 23.2 Å². The minimum Gasteiger partial charge on any atom is -0.481 e. The number of aromatic nitrogens is 2. The predicted octanol–water partition coefficient (Wildman–Crippen LogP) is 6.92. The molecule has 0 atom stereocenters. The van der Waals surface area contributed by atoms with E-state index in [-0.39, 0.29) is 5.54 Å². The first-order chi connectivity index (χ1) is 17.3. The van der Waals surface area contributed by atoms with Crippen LogP contribution in [0.1, 0.15) is 85.0 Å². The van der Waals surface area contributed by atoms with Gasteiger partial charge < -0.3 is 5.11 Å². The minimum absolute atomic E-state index is 0.0467. The van der Waals surface area contributed by atoms with Crippen LogP contribution in [0.2, 0.25) is 0 Å². The summed E-state index contributed by atoms with van der Waals surface area (Å²) >= 11 is 0. The maximum absolute atomic E-state index is 10.6. The van der Waals surface area contributed by atoms with Crippen LogP contribution in [0.15, 0.2) is 73.1 Å². The van der Waals surface area contributed by atoms with E-state index in [1.54, 1.807) is 0 Å². The summed E-state index contributed by atoms with van der Waals surface area (Å²) in [4.78, 5) is 10.6. The van der Waals surface area contributed by atoms with E-state index < -0.39 is 13.2 Å². The summed E-state index contributed by atoms with van der Waals surface area (Å²) in [6.07, 6.45) is 16.4. The Bertz CT molecular complexity index is 1000. The summed E-state index contributed by atoms with van der Waals surface area (Å²) < 4.78 is 2.12. The van der Waals surface area contributed by atoms with E-state index in [0.29, 0.717) is 6.42 Å². The molecule has 3 aromatic rings. The SMILES string of the molecule is CC(C)(C)n1cc([P+](CCCCCCCCCCCC(=O)O)(c2ccccc2)c2ccccc2)cn1. The summed E-state index contributed by atoms with van der Waals surface area (Å²) in [5.41, 5.74) is -0.0467. The Morgan fingerprint density at radius 1 is 0.750 bits per heavy atom. The zero-order valence-electron chi connectivity index (χ0n) is 22.4. The van der Waals surface area contributed by atoms with Crippen molar-refractivity contribution in [1.82, 2.24) is 9.78 Å². The Balaban J connectivity index is 1.69. The molecule has 2 aromatic carbocycles. The first-order valence-corrected chi connectivity index (χ1v) is 15.6. The van der Waals surface area contributed by atoms with Crippen molar-refractivity contribution < 1.29 is 9.90 Å². The molecule has 3 rings (SSSR count). The van der Waals surface area contributed by atoms with Crippen molar-refractivity contribution >= 4 is 29.1 Å². The van der Waals surface area contributed by atoms with Crippen LogP contribution in [0.3, 0.4) is 0 Å². The first kappa shape index (κ1) is 28.1. The maximum Gasteiger partial charge on any atom is 0.303 e. The summed E-state index contributed by atoms with van der Waals surface area (Å²) in [6, 6.07) is 22.2. The van der Waals surface area contributed by atoms with Gasteiger partial charge in [0, 0.05) is 6.42 Å². The Labute approximate surface area is 218 Å². The molecule has 0 aliphatic carbocycles.